The van der Waals surface area contributed by atoms with Crippen LogP contribution in [0.2, 0.25) is 0 Å². The quantitative estimate of drug-likeness (QED) is 0.0263. The van der Waals surface area contributed by atoms with Gasteiger partial charge in [-0.05, 0) is 77.0 Å². The minimum atomic E-state index is -1.87. The summed E-state index contributed by atoms with van der Waals surface area (Å²) in [5, 5.41) is 39.9. The molecule has 62 heavy (non-hydrogen) atoms. The van der Waals surface area contributed by atoms with Crippen LogP contribution in [0.15, 0.2) is 60.8 Å². The van der Waals surface area contributed by atoms with E-state index in [1.165, 1.54) is 96.3 Å². The molecule has 0 aliphatic carbocycles. The van der Waals surface area contributed by atoms with Gasteiger partial charge in [-0.25, -0.2) is 4.79 Å². The Morgan fingerprint density at radius 3 is 1.48 bits per heavy atom. The molecule has 0 aromatic heterocycles. The molecule has 11 nitrogen and oxygen atoms in total. The Balaban J connectivity index is 2.34. The molecule has 0 aromatic carbocycles. The zero-order valence-corrected chi connectivity index (χ0v) is 38.6. The van der Waals surface area contributed by atoms with Crippen molar-refractivity contribution in [2.75, 3.05) is 13.2 Å². The van der Waals surface area contributed by atoms with E-state index in [0.29, 0.717) is 12.8 Å². The van der Waals surface area contributed by atoms with Crippen molar-refractivity contribution in [1.29, 1.82) is 0 Å². The number of carbonyl (C=O) groups is 3. The highest BCUT2D eigenvalue weighted by atomic mass is 16.7. The van der Waals surface area contributed by atoms with Crippen molar-refractivity contribution in [2.45, 2.75) is 230 Å². The van der Waals surface area contributed by atoms with Gasteiger partial charge in [0, 0.05) is 12.8 Å². The monoisotopic (exact) mass is 875 g/mol. The van der Waals surface area contributed by atoms with Crippen molar-refractivity contribution in [1.82, 2.24) is 0 Å². The molecule has 1 rings (SSSR count). The highest BCUT2D eigenvalue weighted by Gasteiger charge is 2.47. The zero-order valence-electron chi connectivity index (χ0n) is 38.6. The second-order valence-corrected chi connectivity index (χ2v) is 16.6. The van der Waals surface area contributed by atoms with Gasteiger partial charge in [0.2, 0.25) is 0 Å². The number of carbonyl (C=O) groups excluding carboxylic acids is 2. The van der Waals surface area contributed by atoms with Crippen molar-refractivity contribution in [3.63, 3.8) is 0 Å². The van der Waals surface area contributed by atoms with Gasteiger partial charge in [-0.1, -0.05) is 164 Å². The van der Waals surface area contributed by atoms with Crippen LogP contribution in [0.1, 0.15) is 194 Å². The number of aliphatic hydroxyl groups is 3. The molecule has 0 amide bonds. The number of hydrogen-bond donors (Lipinski definition) is 4. The summed E-state index contributed by atoms with van der Waals surface area (Å²) in [5.41, 5.74) is 0. The van der Waals surface area contributed by atoms with Gasteiger partial charge in [-0.15, -0.1) is 0 Å². The third-order valence-corrected chi connectivity index (χ3v) is 10.9. The fourth-order valence-electron chi connectivity index (χ4n) is 7.04. The molecule has 11 heteroatoms. The van der Waals surface area contributed by atoms with Gasteiger partial charge < -0.3 is 39.4 Å². The van der Waals surface area contributed by atoms with E-state index < -0.39 is 61.3 Å². The normalized spacial score (nSPS) is 20.0. The molecule has 1 heterocycles. The lowest BCUT2D eigenvalue weighted by Crippen LogP contribution is -2.60. The van der Waals surface area contributed by atoms with E-state index in [1.807, 2.05) is 0 Å². The molecular formula is C51H86O11. The van der Waals surface area contributed by atoms with Crippen LogP contribution in [0, 0.1) is 0 Å². The molecule has 1 saturated heterocycles. The lowest BCUT2D eigenvalue weighted by Gasteiger charge is -2.38. The molecule has 0 radical (unpaired) electrons. The number of rotatable bonds is 40. The third kappa shape index (κ3) is 31.7. The van der Waals surface area contributed by atoms with E-state index in [9.17, 15) is 34.8 Å². The maximum absolute atomic E-state index is 12.8. The summed E-state index contributed by atoms with van der Waals surface area (Å²) in [6.07, 6.45) is 41.3. The fourth-order valence-corrected chi connectivity index (χ4v) is 7.04. The first-order valence-electron chi connectivity index (χ1n) is 24.3. The number of carboxylic acid groups (broad SMARTS) is 1. The smallest absolute Gasteiger partial charge is 0.335 e. The molecule has 356 valence electrons. The molecule has 0 saturated carbocycles. The third-order valence-electron chi connectivity index (χ3n) is 10.9. The summed E-state index contributed by atoms with van der Waals surface area (Å²) in [6, 6.07) is 0. The summed E-state index contributed by atoms with van der Waals surface area (Å²) >= 11 is 0. The van der Waals surface area contributed by atoms with E-state index in [4.69, 9.17) is 18.9 Å². The lowest BCUT2D eigenvalue weighted by atomic mass is 9.99. The number of carboxylic acids is 1. The molecule has 0 aromatic rings. The average molecular weight is 875 g/mol. The maximum Gasteiger partial charge on any atom is 0.335 e. The first-order valence-corrected chi connectivity index (χ1v) is 24.3. The van der Waals surface area contributed by atoms with Crippen LogP contribution in [0.4, 0.5) is 0 Å². The van der Waals surface area contributed by atoms with E-state index >= 15 is 0 Å². The van der Waals surface area contributed by atoms with Crippen LogP contribution in [0.25, 0.3) is 0 Å². The Morgan fingerprint density at radius 2 is 0.952 bits per heavy atom. The predicted octanol–water partition coefficient (Wildman–Crippen LogP) is 11.1. The molecule has 6 unspecified atom stereocenters. The Kier molecular flexibility index (Phi) is 37.3. The van der Waals surface area contributed by atoms with Gasteiger partial charge >= 0.3 is 17.9 Å². The van der Waals surface area contributed by atoms with Gasteiger partial charge in [0.1, 0.15) is 24.9 Å². The summed E-state index contributed by atoms with van der Waals surface area (Å²) in [5.74, 6) is -2.50. The Labute approximate surface area is 375 Å². The molecule has 6 atom stereocenters. The lowest BCUT2D eigenvalue weighted by molar-refractivity contribution is -0.298. The van der Waals surface area contributed by atoms with Gasteiger partial charge in [0.05, 0.1) is 6.61 Å². The number of aliphatic carboxylic acids is 1. The molecular weight excluding hydrogens is 789 g/mol. The van der Waals surface area contributed by atoms with Gasteiger partial charge in [0.15, 0.2) is 18.5 Å². The highest BCUT2D eigenvalue weighted by molar-refractivity contribution is 5.73. The van der Waals surface area contributed by atoms with Crippen LogP contribution in [0.5, 0.6) is 0 Å². The van der Waals surface area contributed by atoms with Crippen molar-refractivity contribution in [3.8, 4) is 0 Å². The summed E-state index contributed by atoms with van der Waals surface area (Å²) in [4.78, 5) is 36.9. The molecule has 1 aliphatic rings. The fraction of sp³-hybridized carbons (Fsp3) is 0.745. The summed E-state index contributed by atoms with van der Waals surface area (Å²) < 4.78 is 21.7. The number of unbranched alkanes of at least 4 members (excludes halogenated alkanes) is 19. The van der Waals surface area contributed by atoms with Crippen LogP contribution in [-0.4, -0.2) is 88.4 Å². The second kappa shape index (κ2) is 40.7. The standard InChI is InChI=1S/C51H86O11/c1-3-5-7-9-11-13-15-17-19-20-21-22-23-24-26-28-30-32-34-36-38-40-45(53)61-43(42-60-51-48(56)46(54)47(55)49(62-51)50(57)58)41-59-44(52)39-37-35-33-31-29-27-25-18-16-14-12-10-8-6-4-2/h6,8,12,14,18,20-21,25,29,31,43,46-49,51,54-56H,3-5,7,9-11,13,15-17,19,22-24,26-28,30,32-42H2,1-2H3,(H,57,58)/b8-6-,14-12-,21-20-,25-18-,31-29-. The van der Waals surface area contributed by atoms with Gasteiger partial charge in [-0.2, -0.15) is 0 Å². The molecule has 1 aliphatic heterocycles. The summed E-state index contributed by atoms with van der Waals surface area (Å²) in [7, 11) is 0. The van der Waals surface area contributed by atoms with Crippen LogP contribution in [0.3, 0.4) is 0 Å². The van der Waals surface area contributed by atoms with Crippen LogP contribution < -0.4 is 0 Å². The Bertz CT molecular complexity index is 1260. The number of aliphatic hydroxyl groups excluding tert-OH is 3. The summed E-state index contributed by atoms with van der Waals surface area (Å²) in [6.45, 7) is 3.67. The SMILES string of the molecule is CC/C=C\C/C=C\C/C=C\C/C=C\CCCCC(=O)OCC(COC1OC(C(=O)O)C(O)C(O)C1O)OC(=O)CCCCCCCCCCC/C=C\CCCCCCCCCC. The highest BCUT2D eigenvalue weighted by Crippen LogP contribution is 2.23. The first kappa shape index (κ1) is 56.9. The van der Waals surface area contributed by atoms with Crippen molar-refractivity contribution in [2.24, 2.45) is 0 Å². The number of ether oxygens (including phenoxy) is 4. The van der Waals surface area contributed by atoms with Crippen molar-refractivity contribution >= 4 is 17.9 Å². The second-order valence-electron chi connectivity index (χ2n) is 16.6. The number of hydrogen-bond acceptors (Lipinski definition) is 10. The van der Waals surface area contributed by atoms with Crippen LogP contribution >= 0.6 is 0 Å². The predicted molar refractivity (Wildman–Crippen MR) is 247 cm³/mol. The number of esters is 2. The van der Waals surface area contributed by atoms with Crippen molar-refractivity contribution in [3.05, 3.63) is 60.8 Å². The van der Waals surface area contributed by atoms with Crippen LogP contribution in [-0.2, 0) is 33.3 Å². The number of allylic oxidation sites excluding steroid dienone is 10. The minimum Gasteiger partial charge on any atom is -0.479 e. The Hall–Kier alpha value is -3.09. The molecule has 1 fully saturated rings. The van der Waals surface area contributed by atoms with Gasteiger partial charge in [0.25, 0.3) is 0 Å². The van der Waals surface area contributed by atoms with Crippen molar-refractivity contribution < 1.29 is 53.8 Å². The first-order chi connectivity index (χ1) is 30.2. The zero-order chi connectivity index (χ0) is 45.3. The molecule has 0 spiro atoms. The molecule has 4 N–H and O–H groups in total. The topological polar surface area (TPSA) is 169 Å². The van der Waals surface area contributed by atoms with E-state index in [-0.39, 0.29) is 19.4 Å². The largest absolute Gasteiger partial charge is 0.479 e. The van der Waals surface area contributed by atoms with E-state index in [1.54, 1.807) is 0 Å². The molecule has 0 bridgehead atoms. The minimum absolute atomic E-state index is 0.170. The van der Waals surface area contributed by atoms with E-state index in [2.05, 4.69) is 74.6 Å². The Morgan fingerprint density at radius 1 is 0.516 bits per heavy atom. The van der Waals surface area contributed by atoms with Gasteiger partial charge in [-0.3, -0.25) is 9.59 Å². The maximum atomic E-state index is 12.8. The average Bonchev–Trinajstić information content (AvgIpc) is 3.26. The van der Waals surface area contributed by atoms with E-state index in [0.717, 1.165) is 57.8 Å².